The van der Waals surface area contributed by atoms with Gasteiger partial charge in [-0.2, -0.15) is 0 Å². The number of aromatic nitrogens is 2. The molecule has 0 radical (unpaired) electrons. The van der Waals surface area contributed by atoms with Gasteiger partial charge in [0.15, 0.2) is 0 Å². The summed E-state index contributed by atoms with van der Waals surface area (Å²) in [5, 5.41) is 3.00. The number of para-hydroxylation sites is 2. The lowest BCUT2D eigenvalue weighted by Crippen LogP contribution is -2.44. The van der Waals surface area contributed by atoms with Crippen LogP contribution in [0.3, 0.4) is 0 Å². The Labute approximate surface area is 153 Å². The highest BCUT2D eigenvalue weighted by Gasteiger charge is 2.21. The molecule has 26 heavy (non-hydrogen) atoms. The Morgan fingerprint density at radius 2 is 1.85 bits per heavy atom. The minimum atomic E-state index is -0.174. The molecule has 2 aromatic carbocycles. The predicted molar refractivity (Wildman–Crippen MR) is 102 cm³/mol. The van der Waals surface area contributed by atoms with Crippen LogP contribution in [0.4, 0.5) is 0 Å². The Balaban J connectivity index is 1.38. The molecule has 1 unspecified atom stereocenters. The Bertz CT molecular complexity index is 940. The maximum absolute atomic E-state index is 12.4. The highest BCUT2D eigenvalue weighted by molar-refractivity contribution is 5.93. The molecule has 5 nitrogen and oxygen atoms in total. The first-order valence-corrected chi connectivity index (χ1v) is 9.01. The maximum Gasteiger partial charge on any atom is 0.271 e. The molecule has 3 aromatic rings. The second-order valence-electron chi connectivity index (χ2n) is 6.79. The van der Waals surface area contributed by atoms with E-state index in [4.69, 9.17) is 0 Å². The standard InChI is InChI=1S/C21H22N4O/c1-15(25-11-10-16-6-2-3-7-17(16)14-25)12-23-21(26)20-13-22-18-8-4-5-9-19(18)24-20/h2-9,13,15H,10-12,14H2,1H3,(H,23,26). The van der Waals surface area contributed by atoms with E-state index in [-0.39, 0.29) is 11.9 Å². The Hall–Kier alpha value is -2.79. The first-order chi connectivity index (χ1) is 12.7. The largest absolute Gasteiger partial charge is 0.349 e. The van der Waals surface area contributed by atoms with Gasteiger partial charge in [0.05, 0.1) is 17.2 Å². The average Bonchev–Trinajstić information content (AvgIpc) is 2.71. The molecular weight excluding hydrogens is 324 g/mol. The Morgan fingerprint density at radius 3 is 2.69 bits per heavy atom. The van der Waals surface area contributed by atoms with E-state index >= 15 is 0 Å². The van der Waals surface area contributed by atoms with Crippen LogP contribution in [0.1, 0.15) is 28.5 Å². The molecule has 1 amide bonds. The number of fused-ring (bicyclic) bond motifs is 2. The van der Waals surface area contributed by atoms with E-state index in [1.54, 1.807) is 6.20 Å². The lowest BCUT2D eigenvalue weighted by atomic mass is 9.99. The van der Waals surface area contributed by atoms with Gasteiger partial charge in [-0.3, -0.25) is 14.7 Å². The zero-order valence-electron chi connectivity index (χ0n) is 14.9. The summed E-state index contributed by atoms with van der Waals surface area (Å²) in [4.78, 5) is 23.6. The van der Waals surface area contributed by atoms with Gasteiger partial charge in [0, 0.05) is 25.7 Å². The summed E-state index contributed by atoms with van der Waals surface area (Å²) in [6.45, 7) is 4.70. The van der Waals surface area contributed by atoms with Crippen molar-refractivity contribution >= 4 is 16.9 Å². The fraction of sp³-hybridized carbons (Fsp3) is 0.286. The molecule has 0 fully saturated rings. The summed E-state index contributed by atoms with van der Waals surface area (Å²) in [5.41, 5.74) is 4.72. The van der Waals surface area contributed by atoms with Gasteiger partial charge in [-0.05, 0) is 36.6 Å². The van der Waals surface area contributed by atoms with E-state index in [0.717, 1.165) is 30.5 Å². The molecule has 0 saturated carbocycles. The number of hydrogen-bond donors (Lipinski definition) is 1. The van der Waals surface area contributed by atoms with Crippen LogP contribution < -0.4 is 5.32 Å². The van der Waals surface area contributed by atoms with Gasteiger partial charge in [-0.1, -0.05) is 36.4 Å². The Kier molecular flexibility index (Phi) is 4.63. The number of benzene rings is 2. The van der Waals surface area contributed by atoms with Crippen molar-refractivity contribution in [2.24, 2.45) is 0 Å². The van der Waals surface area contributed by atoms with Gasteiger partial charge in [-0.25, -0.2) is 4.98 Å². The number of nitrogens with one attached hydrogen (secondary N) is 1. The van der Waals surface area contributed by atoms with Crippen LogP contribution in [0.5, 0.6) is 0 Å². The van der Waals surface area contributed by atoms with Crippen LogP contribution in [-0.2, 0) is 13.0 Å². The van der Waals surface area contributed by atoms with Crippen molar-refractivity contribution in [3.63, 3.8) is 0 Å². The van der Waals surface area contributed by atoms with Crippen LogP contribution >= 0.6 is 0 Å². The van der Waals surface area contributed by atoms with Crippen LogP contribution in [-0.4, -0.2) is 39.9 Å². The molecule has 4 rings (SSSR count). The van der Waals surface area contributed by atoms with Crippen molar-refractivity contribution in [2.45, 2.75) is 25.9 Å². The van der Waals surface area contributed by atoms with Crippen molar-refractivity contribution in [2.75, 3.05) is 13.1 Å². The summed E-state index contributed by atoms with van der Waals surface area (Å²) in [7, 11) is 0. The van der Waals surface area contributed by atoms with Crippen molar-refractivity contribution in [1.82, 2.24) is 20.2 Å². The molecule has 1 aliphatic rings. The van der Waals surface area contributed by atoms with Gasteiger partial charge >= 0.3 is 0 Å². The van der Waals surface area contributed by atoms with E-state index in [1.807, 2.05) is 24.3 Å². The zero-order chi connectivity index (χ0) is 17.9. The van der Waals surface area contributed by atoms with E-state index < -0.39 is 0 Å². The lowest BCUT2D eigenvalue weighted by Gasteiger charge is -2.33. The van der Waals surface area contributed by atoms with Gasteiger partial charge in [0.1, 0.15) is 5.69 Å². The molecule has 5 heteroatoms. The fourth-order valence-electron chi connectivity index (χ4n) is 3.42. The molecule has 0 spiro atoms. The van der Waals surface area contributed by atoms with Crippen molar-refractivity contribution < 1.29 is 4.79 Å². The quantitative estimate of drug-likeness (QED) is 0.789. The van der Waals surface area contributed by atoms with Crippen LogP contribution in [0.25, 0.3) is 11.0 Å². The van der Waals surface area contributed by atoms with Crippen LogP contribution in [0.2, 0.25) is 0 Å². The fourth-order valence-corrected chi connectivity index (χ4v) is 3.42. The van der Waals surface area contributed by atoms with E-state index in [2.05, 4.69) is 51.4 Å². The van der Waals surface area contributed by atoms with Crippen molar-refractivity contribution in [3.8, 4) is 0 Å². The number of rotatable bonds is 4. The second-order valence-corrected chi connectivity index (χ2v) is 6.79. The molecule has 0 bridgehead atoms. The molecule has 0 aliphatic carbocycles. The smallest absolute Gasteiger partial charge is 0.271 e. The SMILES string of the molecule is CC(CNC(=O)c1cnc2ccccc2n1)N1CCc2ccccc2C1. The van der Waals surface area contributed by atoms with Crippen LogP contribution in [0, 0.1) is 0 Å². The third-order valence-electron chi connectivity index (χ3n) is 5.02. The first-order valence-electron chi connectivity index (χ1n) is 9.01. The van der Waals surface area contributed by atoms with E-state index in [1.165, 1.54) is 11.1 Å². The van der Waals surface area contributed by atoms with E-state index in [0.29, 0.717) is 12.2 Å². The molecule has 2 heterocycles. The topological polar surface area (TPSA) is 58.1 Å². The summed E-state index contributed by atoms with van der Waals surface area (Å²) in [5.74, 6) is -0.174. The molecular formula is C21H22N4O. The summed E-state index contributed by atoms with van der Waals surface area (Å²) in [6.07, 6.45) is 2.60. The molecule has 132 valence electrons. The second kappa shape index (κ2) is 7.22. The van der Waals surface area contributed by atoms with Gasteiger partial charge in [0.2, 0.25) is 0 Å². The number of carbonyl (C=O) groups is 1. The predicted octanol–water partition coefficient (Wildman–Crippen LogP) is 2.81. The van der Waals surface area contributed by atoms with Crippen molar-refractivity contribution in [1.29, 1.82) is 0 Å². The normalized spacial score (nSPS) is 15.4. The summed E-state index contributed by atoms with van der Waals surface area (Å²) < 4.78 is 0. The maximum atomic E-state index is 12.4. The highest BCUT2D eigenvalue weighted by atomic mass is 16.1. The van der Waals surface area contributed by atoms with Gasteiger partial charge < -0.3 is 5.32 Å². The molecule has 1 aromatic heterocycles. The molecule has 1 atom stereocenters. The number of carbonyl (C=O) groups excluding carboxylic acids is 1. The third-order valence-corrected chi connectivity index (χ3v) is 5.02. The number of hydrogen-bond acceptors (Lipinski definition) is 4. The van der Waals surface area contributed by atoms with Crippen LogP contribution in [0.15, 0.2) is 54.7 Å². The average molecular weight is 346 g/mol. The zero-order valence-corrected chi connectivity index (χ0v) is 14.9. The van der Waals surface area contributed by atoms with E-state index in [9.17, 15) is 4.79 Å². The number of nitrogens with zero attached hydrogens (tertiary/aromatic N) is 3. The minimum Gasteiger partial charge on any atom is -0.349 e. The minimum absolute atomic E-state index is 0.174. The molecule has 1 aliphatic heterocycles. The van der Waals surface area contributed by atoms with Gasteiger partial charge in [-0.15, -0.1) is 0 Å². The first kappa shape index (κ1) is 16.7. The highest BCUT2D eigenvalue weighted by Crippen LogP contribution is 2.20. The summed E-state index contributed by atoms with van der Waals surface area (Å²) >= 11 is 0. The lowest BCUT2D eigenvalue weighted by molar-refractivity contribution is 0.0927. The monoisotopic (exact) mass is 346 g/mol. The molecule has 0 saturated heterocycles. The van der Waals surface area contributed by atoms with Gasteiger partial charge in [0.25, 0.3) is 5.91 Å². The molecule has 1 N–H and O–H groups in total. The Morgan fingerprint density at radius 1 is 1.12 bits per heavy atom. The number of amides is 1. The van der Waals surface area contributed by atoms with Crippen molar-refractivity contribution in [3.05, 3.63) is 71.5 Å². The summed E-state index contributed by atoms with van der Waals surface area (Å²) in [6, 6.07) is 16.4. The third kappa shape index (κ3) is 3.44.